The van der Waals surface area contributed by atoms with E-state index in [2.05, 4.69) is 17.2 Å². The zero-order valence-corrected chi connectivity index (χ0v) is 14.4. The topological polar surface area (TPSA) is 55.1 Å². The van der Waals surface area contributed by atoms with Crippen molar-refractivity contribution in [1.82, 2.24) is 10.3 Å². The highest BCUT2D eigenvalue weighted by Crippen LogP contribution is 2.28. The largest absolute Gasteiger partial charge is 0.436 e. The summed E-state index contributed by atoms with van der Waals surface area (Å²) in [7, 11) is 0. The van der Waals surface area contributed by atoms with E-state index in [0.29, 0.717) is 29.3 Å². The number of nitrogens with one attached hydrogen (secondary N) is 1. The number of unbranched alkanes of at least 4 members (excludes halogenated alkanes) is 2. The van der Waals surface area contributed by atoms with Gasteiger partial charge in [-0.25, -0.2) is 4.98 Å². The standard InChI is InChI=1S/C21H22N2O2/c1-2-3-9-14-22-20(24)17-12-7-8-13-18(17)21-23-15-19(25-21)16-10-5-4-6-11-16/h4-8,10-13,15H,2-3,9,14H2,1H3,(H,22,24). The van der Waals surface area contributed by atoms with E-state index in [1.54, 1.807) is 12.3 Å². The Morgan fingerprint density at radius 1 is 1.04 bits per heavy atom. The minimum Gasteiger partial charge on any atom is -0.436 e. The number of carbonyl (C=O) groups is 1. The predicted molar refractivity (Wildman–Crippen MR) is 99.2 cm³/mol. The van der Waals surface area contributed by atoms with Gasteiger partial charge >= 0.3 is 0 Å². The minimum absolute atomic E-state index is 0.0915. The normalized spacial score (nSPS) is 10.6. The molecule has 0 aliphatic heterocycles. The third-order valence-electron chi connectivity index (χ3n) is 4.03. The van der Waals surface area contributed by atoms with E-state index < -0.39 is 0 Å². The van der Waals surface area contributed by atoms with Crippen LogP contribution in [-0.2, 0) is 0 Å². The second-order valence-corrected chi connectivity index (χ2v) is 5.90. The molecule has 0 saturated heterocycles. The molecular formula is C21H22N2O2. The Hall–Kier alpha value is -2.88. The fourth-order valence-corrected chi connectivity index (χ4v) is 2.67. The van der Waals surface area contributed by atoms with E-state index >= 15 is 0 Å². The average molecular weight is 334 g/mol. The maximum Gasteiger partial charge on any atom is 0.252 e. The van der Waals surface area contributed by atoms with Gasteiger partial charge in [0.05, 0.1) is 11.8 Å². The molecule has 1 N–H and O–H groups in total. The van der Waals surface area contributed by atoms with Crippen LogP contribution in [0.3, 0.4) is 0 Å². The van der Waals surface area contributed by atoms with Crippen LogP contribution >= 0.6 is 0 Å². The number of amides is 1. The number of oxazole rings is 1. The van der Waals surface area contributed by atoms with Gasteiger partial charge in [-0.2, -0.15) is 0 Å². The van der Waals surface area contributed by atoms with Crippen molar-refractivity contribution in [3.8, 4) is 22.8 Å². The molecule has 0 saturated carbocycles. The van der Waals surface area contributed by atoms with Gasteiger partial charge in [0.15, 0.2) is 5.76 Å². The summed E-state index contributed by atoms with van der Waals surface area (Å²) in [6.45, 7) is 2.83. The molecule has 1 amide bonds. The van der Waals surface area contributed by atoms with Gasteiger partial charge < -0.3 is 9.73 Å². The molecule has 3 aromatic rings. The monoisotopic (exact) mass is 334 g/mol. The fraction of sp³-hybridized carbons (Fsp3) is 0.238. The lowest BCUT2D eigenvalue weighted by atomic mass is 10.1. The summed E-state index contributed by atoms with van der Waals surface area (Å²) in [5.74, 6) is 1.05. The number of hydrogen-bond acceptors (Lipinski definition) is 3. The molecule has 25 heavy (non-hydrogen) atoms. The molecule has 3 rings (SSSR count). The highest BCUT2D eigenvalue weighted by atomic mass is 16.4. The first kappa shape index (κ1) is 17.0. The summed E-state index contributed by atoms with van der Waals surface area (Å²) in [6.07, 6.45) is 4.93. The van der Waals surface area contributed by atoms with Crippen molar-refractivity contribution in [2.75, 3.05) is 6.54 Å². The first-order valence-electron chi connectivity index (χ1n) is 8.68. The molecule has 0 radical (unpaired) electrons. The van der Waals surface area contributed by atoms with Crippen LogP contribution in [0.4, 0.5) is 0 Å². The number of nitrogens with zero attached hydrogens (tertiary/aromatic N) is 1. The summed E-state index contributed by atoms with van der Waals surface area (Å²) in [6, 6.07) is 17.2. The van der Waals surface area contributed by atoms with Crippen LogP contribution in [0, 0.1) is 0 Å². The van der Waals surface area contributed by atoms with Gasteiger partial charge in [-0.15, -0.1) is 0 Å². The number of benzene rings is 2. The smallest absolute Gasteiger partial charge is 0.252 e. The van der Waals surface area contributed by atoms with Crippen molar-refractivity contribution in [1.29, 1.82) is 0 Å². The maximum absolute atomic E-state index is 12.5. The molecule has 2 aromatic carbocycles. The minimum atomic E-state index is -0.0915. The Labute approximate surface area is 147 Å². The van der Waals surface area contributed by atoms with Gasteiger partial charge in [0.2, 0.25) is 5.89 Å². The van der Waals surface area contributed by atoms with Crippen LogP contribution in [0.2, 0.25) is 0 Å². The van der Waals surface area contributed by atoms with Crippen LogP contribution in [0.25, 0.3) is 22.8 Å². The summed E-state index contributed by atoms with van der Waals surface area (Å²) >= 11 is 0. The summed E-state index contributed by atoms with van der Waals surface area (Å²) < 4.78 is 5.90. The quantitative estimate of drug-likeness (QED) is 0.623. The van der Waals surface area contributed by atoms with E-state index in [0.717, 1.165) is 24.8 Å². The SMILES string of the molecule is CCCCCNC(=O)c1ccccc1-c1ncc(-c2ccccc2)o1. The molecule has 0 atom stereocenters. The maximum atomic E-state index is 12.5. The molecule has 4 heteroatoms. The second-order valence-electron chi connectivity index (χ2n) is 5.90. The first-order valence-corrected chi connectivity index (χ1v) is 8.68. The molecular weight excluding hydrogens is 312 g/mol. The lowest BCUT2D eigenvalue weighted by Crippen LogP contribution is -2.25. The number of aromatic nitrogens is 1. The molecule has 1 heterocycles. The van der Waals surface area contributed by atoms with Crippen molar-refractivity contribution in [3.05, 3.63) is 66.4 Å². The summed E-state index contributed by atoms with van der Waals surface area (Å²) in [4.78, 5) is 16.9. The molecule has 0 aliphatic rings. The van der Waals surface area contributed by atoms with Crippen molar-refractivity contribution >= 4 is 5.91 Å². The highest BCUT2D eigenvalue weighted by molar-refractivity contribution is 6.00. The lowest BCUT2D eigenvalue weighted by Gasteiger charge is -2.08. The molecule has 0 unspecified atom stereocenters. The molecule has 0 bridgehead atoms. The van der Waals surface area contributed by atoms with Crippen molar-refractivity contribution in [2.45, 2.75) is 26.2 Å². The van der Waals surface area contributed by atoms with Crippen molar-refractivity contribution in [2.24, 2.45) is 0 Å². The number of carbonyl (C=O) groups excluding carboxylic acids is 1. The fourth-order valence-electron chi connectivity index (χ4n) is 2.67. The Morgan fingerprint density at radius 2 is 1.80 bits per heavy atom. The van der Waals surface area contributed by atoms with E-state index in [1.165, 1.54) is 0 Å². The lowest BCUT2D eigenvalue weighted by molar-refractivity contribution is 0.0953. The van der Waals surface area contributed by atoms with Gasteiger partial charge in [0.1, 0.15) is 0 Å². The first-order chi connectivity index (χ1) is 12.3. The Bertz CT molecular complexity index is 825. The van der Waals surface area contributed by atoms with E-state index in [4.69, 9.17) is 4.42 Å². The molecule has 128 valence electrons. The zero-order valence-electron chi connectivity index (χ0n) is 14.4. The average Bonchev–Trinajstić information content (AvgIpc) is 3.16. The summed E-state index contributed by atoms with van der Waals surface area (Å²) in [5.41, 5.74) is 2.25. The molecule has 0 spiro atoms. The Morgan fingerprint density at radius 3 is 2.60 bits per heavy atom. The summed E-state index contributed by atoms with van der Waals surface area (Å²) in [5, 5.41) is 2.97. The van der Waals surface area contributed by atoms with Gasteiger partial charge in [0, 0.05) is 17.7 Å². The Kier molecular flexibility index (Phi) is 5.62. The van der Waals surface area contributed by atoms with Gasteiger partial charge in [-0.1, -0.05) is 62.2 Å². The molecule has 0 fully saturated rings. The molecule has 4 nitrogen and oxygen atoms in total. The predicted octanol–water partition coefficient (Wildman–Crippen LogP) is 4.93. The van der Waals surface area contributed by atoms with Crippen LogP contribution in [0.1, 0.15) is 36.5 Å². The van der Waals surface area contributed by atoms with Crippen LogP contribution < -0.4 is 5.32 Å². The van der Waals surface area contributed by atoms with E-state index in [-0.39, 0.29) is 5.91 Å². The van der Waals surface area contributed by atoms with Gasteiger partial charge in [-0.3, -0.25) is 4.79 Å². The van der Waals surface area contributed by atoms with Crippen molar-refractivity contribution in [3.63, 3.8) is 0 Å². The van der Waals surface area contributed by atoms with Crippen molar-refractivity contribution < 1.29 is 9.21 Å². The molecule has 0 aliphatic carbocycles. The van der Waals surface area contributed by atoms with Gasteiger partial charge in [-0.05, 0) is 18.6 Å². The Balaban J connectivity index is 1.81. The van der Waals surface area contributed by atoms with Crippen LogP contribution in [-0.4, -0.2) is 17.4 Å². The van der Waals surface area contributed by atoms with E-state index in [9.17, 15) is 4.79 Å². The third kappa shape index (κ3) is 4.15. The second kappa shape index (κ2) is 8.29. The van der Waals surface area contributed by atoms with E-state index in [1.807, 2.05) is 48.5 Å². The van der Waals surface area contributed by atoms with Gasteiger partial charge in [0.25, 0.3) is 5.91 Å². The number of rotatable bonds is 7. The number of hydrogen-bond donors (Lipinski definition) is 1. The molecule has 1 aromatic heterocycles. The highest BCUT2D eigenvalue weighted by Gasteiger charge is 2.16. The van der Waals surface area contributed by atoms with Crippen LogP contribution in [0.5, 0.6) is 0 Å². The third-order valence-corrected chi connectivity index (χ3v) is 4.03. The van der Waals surface area contributed by atoms with Crippen LogP contribution in [0.15, 0.2) is 65.2 Å². The zero-order chi connectivity index (χ0) is 17.5.